The van der Waals surface area contributed by atoms with E-state index in [4.69, 9.17) is 11.6 Å². The average molecular weight is 292 g/mol. The van der Waals surface area contributed by atoms with Crippen LogP contribution in [0.1, 0.15) is 11.1 Å². The highest BCUT2D eigenvalue weighted by Gasteiger charge is 2.20. The van der Waals surface area contributed by atoms with Gasteiger partial charge in [-0.25, -0.2) is 0 Å². The van der Waals surface area contributed by atoms with Crippen LogP contribution in [0.5, 0.6) is 0 Å². The van der Waals surface area contributed by atoms with Gasteiger partial charge in [0.1, 0.15) is 0 Å². The van der Waals surface area contributed by atoms with Crippen LogP contribution in [0.25, 0.3) is 11.1 Å². The third-order valence-electron chi connectivity index (χ3n) is 3.97. The SMILES string of the molecule is Clc1ccc(Nc2cccc3c2Cc2ccccc2-3)cc1. The molecule has 1 N–H and O–H groups in total. The van der Waals surface area contributed by atoms with Crippen molar-refractivity contribution in [3.05, 3.63) is 82.9 Å². The Morgan fingerprint density at radius 2 is 1.52 bits per heavy atom. The molecule has 1 aliphatic rings. The fraction of sp³-hybridized carbons (Fsp3) is 0.0526. The summed E-state index contributed by atoms with van der Waals surface area (Å²) in [5, 5.41) is 4.26. The summed E-state index contributed by atoms with van der Waals surface area (Å²) >= 11 is 5.94. The third-order valence-corrected chi connectivity index (χ3v) is 4.23. The first kappa shape index (κ1) is 12.5. The Balaban J connectivity index is 1.74. The second kappa shape index (κ2) is 4.94. The molecule has 1 aliphatic carbocycles. The van der Waals surface area contributed by atoms with E-state index >= 15 is 0 Å². The zero-order chi connectivity index (χ0) is 14.2. The van der Waals surface area contributed by atoms with E-state index in [0.717, 1.165) is 17.1 Å². The van der Waals surface area contributed by atoms with Crippen LogP contribution in [0.2, 0.25) is 5.02 Å². The summed E-state index contributed by atoms with van der Waals surface area (Å²) in [7, 11) is 0. The molecular weight excluding hydrogens is 278 g/mol. The lowest BCUT2D eigenvalue weighted by molar-refractivity contribution is 1.26. The monoisotopic (exact) mass is 291 g/mol. The Morgan fingerprint density at radius 1 is 0.762 bits per heavy atom. The van der Waals surface area contributed by atoms with E-state index < -0.39 is 0 Å². The Bertz CT molecular complexity index is 806. The van der Waals surface area contributed by atoms with Crippen LogP contribution < -0.4 is 5.32 Å². The van der Waals surface area contributed by atoms with Gasteiger partial charge in [-0.3, -0.25) is 0 Å². The normalized spacial score (nSPS) is 11.9. The van der Waals surface area contributed by atoms with Gasteiger partial charge in [0.15, 0.2) is 0 Å². The maximum atomic E-state index is 5.94. The summed E-state index contributed by atoms with van der Waals surface area (Å²) in [6.07, 6.45) is 0.988. The Hall–Kier alpha value is -2.25. The fourth-order valence-electron chi connectivity index (χ4n) is 2.96. The molecule has 3 aromatic carbocycles. The van der Waals surface area contributed by atoms with Gasteiger partial charge in [0.25, 0.3) is 0 Å². The van der Waals surface area contributed by atoms with Crippen molar-refractivity contribution in [2.45, 2.75) is 6.42 Å². The predicted molar refractivity (Wildman–Crippen MR) is 89.4 cm³/mol. The highest BCUT2D eigenvalue weighted by atomic mass is 35.5. The first-order chi connectivity index (χ1) is 10.3. The number of hydrogen-bond acceptors (Lipinski definition) is 1. The van der Waals surface area contributed by atoms with Gasteiger partial charge in [0, 0.05) is 22.8 Å². The highest BCUT2D eigenvalue weighted by Crippen LogP contribution is 2.40. The summed E-state index contributed by atoms with van der Waals surface area (Å²) in [5.41, 5.74) is 7.69. The van der Waals surface area contributed by atoms with Crippen molar-refractivity contribution in [2.75, 3.05) is 5.32 Å². The van der Waals surface area contributed by atoms with Crippen LogP contribution in [-0.2, 0) is 6.42 Å². The summed E-state index contributed by atoms with van der Waals surface area (Å²) < 4.78 is 0. The minimum absolute atomic E-state index is 0.756. The Kier molecular flexibility index (Phi) is 2.94. The van der Waals surface area contributed by atoms with Crippen molar-refractivity contribution in [2.24, 2.45) is 0 Å². The summed E-state index contributed by atoms with van der Waals surface area (Å²) in [4.78, 5) is 0. The highest BCUT2D eigenvalue weighted by molar-refractivity contribution is 6.30. The number of nitrogens with one attached hydrogen (secondary N) is 1. The Labute approximate surface area is 129 Å². The zero-order valence-corrected chi connectivity index (χ0v) is 12.2. The van der Waals surface area contributed by atoms with Gasteiger partial charge in [0.2, 0.25) is 0 Å². The van der Waals surface area contributed by atoms with Crippen molar-refractivity contribution in [1.82, 2.24) is 0 Å². The van der Waals surface area contributed by atoms with Crippen LogP contribution in [-0.4, -0.2) is 0 Å². The van der Waals surface area contributed by atoms with Gasteiger partial charge in [-0.15, -0.1) is 0 Å². The molecule has 4 rings (SSSR count). The number of rotatable bonds is 2. The van der Waals surface area contributed by atoms with E-state index in [-0.39, 0.29) is 0 Å². The molecule has 0 saturated heterocycles. The van der Waals surface area contributed by atoms with Gasteiger partial charge < -0.3 is 5.32 Å². The molecule has 0 atom stereocenters. The molecule has 0 unspecified atom stereocenters. The molecule has 102 valence electrons. The van der Waals surface area contributed by atoms with Crippen molar-refractivity contribution >= 4 is 23.0 Å². The van der Waals surface area contributed by atoms with Crippen LogP contribution >= 0.6 is 11.6 Å². The van der Waals surface area contributed by atoms with Gasteiger partial charge in [-0.1, -0.05) is 48.0 Å². The van der Waals surface area contributed by atoms with Gasteiger partial charge in [-0.2, -0.15) is 0 Å². The first-order valence-electron chi connectivity index (χ1n) is 7.04. The number of halogens is 1. The van der Waals surface area contributed by atoms with Crippen molar-refractivity contribution < 1.29 is 0 Å². The zero-order valence-electron chi connectivity index (χ0n) is 11.4. The van der Waals surface area contributed by atoms with Gasteiger partial charge in [0.05, 0.1) is 0 Å². The molecule has 0 heterocycles. The topological polar surface area (TPSA) is 12.0 Å². The molecular formula is C19H14ClN. The summed E-state index contributed by atoms with van der Waals surface area (Å²) in [6, 6.07) is 22.9. The summed E-state index contributed by atoms with van der Waals surface area (Å²) in [5.74, 6) is 0. The molecule has 0 bridgehead atoms. The molecule has 1 nitrogen and oxygen atoms in total. The number of benzene rings is 3. The molecule has 0 amide bonds. The lowest BCUT2D eigenvalue weighted by Crippen LogP contribution is -1.95. The molecule has 21 heavy (non-hydrogen) atoms. The van der Waals surface area contributed by atoms with Crippen LogP contribution in [0.15, 0.2) is 66.7 Å². The maximum absolute atomic E-state index is 5.94. The largest absolute Gasteiger partial charge is 0.355 e. The second-order valence-electron chi connectivity index (χ2n) is 5.30. The second-order valence-corrected chi connectivity index (χ2v) is 5.73. The first-order valence-corrected chi connectivity index (χ1v) is 7.42. The predicted octanol–water partition coefficient (Wildman–Crippen LogP) is 5.65. The van der Waals surface area contributed by atoms with Crippen molar-refractivity contribution in [3.63, 3.8) is 0 Å². The van der Waals surface area contributed by atoms with Gasteiger partial charge in [-0.05, 0) is 52.6 Å². The van der Waals surface area contributed by atoms with Crippen LogP contribution in [0.3, 0.4) is 0 Å². The lowest BCUT2D eigenvalue weighted by atomic mass is 10.0. The van der Waals surface area contributed by atoms with Crippen LogP contribution in [0, 0.1) is 0 Å². The van der Waals surface area contributed by atoms with Crippen LogP contribution in [0.4, 0.5) is 11.4 Å². The molecule has 0 radical (unpaired) electrons. The van der Waals surface area contributed by atoms with Crippen molar-refractivity contribution in [1.29, 1.82) is 0 Å². The molecule has 0 fully saturated rings. The average Bonchev–Trinajstić information content (AvgIpc) is 2.89. The number of hydrogen-bond donors (Lipinski definition) is 1. The van der Waals surface area contributed by atoms with Gasteiger partial charge >= 0.3 is 0 Å². The summed E-state index contributed by atoms with van der Waals surface area (Å²) in [6.45, 7) is 0. The molecule has 2 heteroatoms. The standard InChI is InChI=1S/C19H14ClN/c20-14-8-10-15(11-9-14)21-19-7-3-6-17-16-5-2-1-4-13(16)12-18(17)19/h1-11,21H,12H2. The lowest BCUT2D eigenvalue weighted by Gasteiger charge is -2.11. The minimum Gasteiger partial charge on any atom is -0.355 e. The Morgan fingerprint density at radius 3 is 2.38 bits per heavy atom. The van der Waals surface area contributed by atoms with E-state index in [1.165, 1.54) is 27.9 Å². The van der Waals surface area contributed by atoms with Crippen molar-refractivity contribution in [3.8, 4) is 11.1 Å². The quantitative estimate of drug-likeness (QED) is 0.503. The van der Waals surface area contributed by atoms with E-state index in [1.807, 2.05) is 24.3 Å². The third kappa shape index (κ3) is 2.20. The smallest absolute Gasteiger partial charge is 0.0426 e. The van der Waals surface area contributed by atoms with E-state index in [9.17, 15) is 0 Å². The van der Waals surface area contributed by atoms with E-state index in [2.05, 4.69) is 47.8 Å². The molecule has 3 aromatic rings. The number of anilines is 2. The maximum Gasteiger partial charge on any atom is 0.0426 e. The fourth-order valence-corrected chi connectivity index (χ4v) is 3.09. The molecule has 0 aromatic heterocycles. The molecule has 0 spiro atoms. The minimum atomic E-state index is 0.756. The number of fused-ring (bicyclic) bond motifs is 3. The van der Waals surface area contributed by atoms with E-state index in [0.29, 0.717) is 0 Å². The molecule has 0 aliphatic heterocycles. The molecule has 0 saturated carbocycles. The van der Waals surface area contributed by atoms with E-state index in [1.54, 1.807) is 0 Å².